The molecule has 0 fully saturated rings. The molecule has 31 heavy (non-hydrogen) atoms. The van der Waals surface area contributed by atoms with Crippen molar-refractivity contribution >= 4 is 17.9 Å². The molecule has 0 aliphatic carbocycles. The molecule has 0 radical (unpaired) electrons. The number of aliphatic carboxylic acids is 3. The molecule has 0 rings (SSSR count). The number of nitrogens with zero attached hydrogens (tertiary/aromatic N) is 2. The van der Waals surface area contributed by atoms with Gasteiger partial charge in [-0.25, -0.2) is 0 Å². The number of hydrogen-bond donors (Lipinski definition) is 4. The maximum absolute atomic E-state index is 10.8. The van der Waals surface area contributed by atoms with Crippen LogP contribution in [0.15, 0.2) is 10.4 Å². The van der Waals surface area contributed by atoms with Crippen LogP contribution >= 0.6 is 0 Å². The molecule has 0 aromatic rings. The Morgan fingerprint density at radius 2 is 1.23 bits per heavy atom. The summed E-state index contributed by atoms with van der Waals surface area (Å²) in [5.41, 5.74) is -1.10. The van der Waals surface area contributed by atoms with Crippen molar-refractivity contribution in [3.63, 3.8) is 0 Å². The summed E-state index contributed by atoms with van der Waals surface area (Å²) in [6, 6.07) is -0.850. The van der Waals surface area contributed by atoms with Crippen molar-refractivity contribution in [3.05, 3.63) is 9.81 Å². The van der Waals surface area contributed by atoms with Crippen LogP contribution in [0.3, 0.4) is 0 Å². The SMILES string of the molecule is O=NC[C@H](CCNC(COCCC(=O)O)(COCCC(=O)O)COCCC(=O)O)N=O. The predicted molar refractivity (Wildman–Crippen MR) is 105 cm³/mol. The van der Waals surface area contributed by atoms with E-state index in [1.807, 2.05) is 0 Å². The molecule has 0 aromatic heterocycles. The van der Waals surface area contributed by atoms with E-state index in [2.05, 4.69) is 15.7 Å². The summed E-state index contributed by atoms with van der Waals surface area (Å²) in [4.78, 5) is 53.2. The molecule has 1 atom stereocenters. The molecular weight excluding hydrogens is 422 g/mol. The summed E-state index contributed by atoms with van der Waals surface area (Å²) < 4.78 is 16.2. The molecule has 0 amide bonds. The zero-order chi connectivity index (χ0) is 23.5. The molecule has 178 valence electrons. The van der Waals surface area contributed by atoms with Crippen LogP contribution in [0.4, 0.5) is 0 Å². The highest BCUT2D eigenvalue weighted by atomic mass is 16.5. The number of nitrogens with one attached hydrogen (secondary N) is 1. The smallest absolute Gasteiger partial charge is 0.305 e. The Labute approximate surface area is 178 Å². The summed E-state index contributed by atoms with van der Waals surface area (Å²) in [5, 5.41) is 34.7. The minimum atomic E-state index is -1.10. The lowest BCUT2D eigenvalue weighted by molar-refractivity contribution is -0.139. The van der Waals surface area contributed by atoms with Gasteiger partial charge in [0.1, 0.15) is 12.6 Å². The van der Waals surface area contributed by atoms with Gasteiger partial charge in [-0.1, -0.05) is 10.4 Å². The lowest BCUT2D eigenvalue weighted by atomic mass is 10.0. The van der Waals surface area contributed by atoms with Crippen LogP contribution in [0.5, 0.6) is 0 Å². The lowest BCUT2D eigenvalue weighted by Crippen LogP contribution is -2.57. The number of carboxylic acids is 3. The zero-order valence-corrected chi connectivity index (χ0v) is 17.1. The van der Waals surface area contributed by atoms with Crippen LogP contribution in [-0.2, 0) is 28.6 Å². The third kappa shape index (κ3) is 15.9. The largest absolute Gasteiger partial charge is 0.481 e. The van der Waals surface area contributed by atoms with E-state index in [0.29, 0.717) is 0 Å². The van der Waals surface area contributed by atoms with Crippen molar-refractivity contribution in [1.29, 1.82) is 0 Å². The van der Waals surface area contributed by atoms with E-state index in [1.165, 1.54) is 0 Å². The topological polar surface area (TPSA) is 210 Å². The Morgan fingerprint density at radius 3 is 1.55 bits per heavy atom. The first-order valence-electron chi connectivity index (χ1n) is 9.50. The fourth-order valence-electron chi connectivity index (χ4n) is 2.33. The summed E-state index contributed by atoms with van der Waals surface area (Å²) in [5.74, 6) is -3.18. The van der Waals surface area contributed by atoms with E-state index < -0.39 is 29.5 Å². The van der Waals surface area contributed by atoms with E-state index in [0.717, 1.165) is 0 Å². The molecule has 14 nitrogen and oxygen atoms in total. The Balaban J connectivity index is 5.12. The van der Waals surface area contributed by atoms with E-state index >= 15 is 0 Å². The van der Waals surface area contributed by atoms with Gasteiger partial charge < -0.3 is 34.8 Å². The van der Waals surface area contributed by atoms with Gasteiger partial charge in [-0.05, 0) is 13.0 Å². The summed E-state index contributed by atoms with van der Waals surface area (Å²) in [7, 11) is 0. The highest BCUT2D eigenvalue weighted by Gasteiger charge is 2.32. The van der Waals surface area contributed by atoms with Crippen LogP contribution in [0.1, 0.15) is 25.7 Å². The molecule has 0 saturated heterocycles. The van der Waals surface area contributed by atoms with Crippen molar-refractivity contribution in [1.82, 2.24) is 5.32 Å². The molecule has 0 aliphatic rings. The minimum absolute atomic E-state index is 0.106. The Hall–Kier alpha value is -2.55. The lowest BCUT2D eigenvalue weighted by Gasteiger charge is -2.34. The van der Waals surface area contributed by atoms with Crippen molar-refractivity contribution < 1.29 is 43.9 Å². The summed E-state index contributed by atoms with van der Waals surface area (Å²) in [6.07, 6.45) is -0.607. The monoisotopic (exact) mass is 451 g/mol. The second-order valence-corrected chi connectivity index (χ2v) is 6.66. The van der Waals surface area contributed by atoms with Crippen LogP contribution in [0.25, 0.3) is 0 Å². The minimum Gasteiger partial charge on any atom is -0.481 e. The van der Waals surface area contributed by atoms with Crippen molar-refractivity contribution in [3.8, 4) is 0 Å². The van der Waals surface area contributed by atoms with Gasteiger partial charge in [-0.3, -0.25) is 14.4 Å². The van der Waals surface area contributed by atoms with Crippen molar-refractivity contribution in [2.75, 3.05) is 52.7 Å². The maximum Gasteiger partial charge on any atom is 0.305 e. The van der Waals surface area contributed by atoms with Crippen LogP contribution in [-0.4, -0.2) is 97.5 Å². The van der Waals surface area contributed by atoms with E-state index in [1.54, 1.807) is 0 Å². The van der Waals surface area contributed by atoms with Crippen molar-refractivity contribution in [2.45, 2.75) is 37.3 Å². The molecule has 0 bridgehead atoms. The molecule has 14 heteroatoms. The molecular formula is C17H29N3O11. The molecule has 0 spiro atoms. The second kappa shape index (κ2) is 17.2. The molecule has 0 saturated carbocycles. The molecule has 4 N–H and O–H groups in total. The number of carboxylic acid groups (broad SMARTS) is 3. The first-order valence-corrected chi connectivity index (χ1v) is 9.50. The maximum atomic E-state index is 10.8. The van der Waals surface area contributed by atoms with Gasteiger partial charge in [-0.2, -0.15) is 9.81 Å². The summed E-state index contributed by atoms with van der Waals surface area (Å²) >= 11 is 0. The number of nitroso groups, excluding NO2 is 2. The zero-order valence-electron chi connectivity index (χ0n) is 17.1. The number of ether oxygens (including phenoxy) is 3. The average Bonchev–Trinajstić information content (AvgIpc) is 2.70. The van der Waals surface area contributed by atoms with Gasteiger partial charge in [0.05, 0.1) is 64.4 Å². The quantitative estimate of drug-likeness (QED) is 0.127. The fraction of sp³-hybridized carbons (Fsp3) is 0.824. The van der Waals surface area contributed by atoms with E-state index in [4.69, 9.17) is 29.5 Å². The van der Waals surface area contributed by atoms with Gasteiger partial charge in [0.15, 0.2) is 0 Å². The highest BCUT2D eigenvalue weighted by Crippen LogP contribution is 2.11. The predicted octanol–water partition coefficient (Wildman–Crippen LogP) is 0.0802. The normalized spacial score (nSPS) is 12.3. The second-order valence-electron chi connectivity index (χ2n) is 6.66. The van der Waals surface area contributed by atoms with Crippen LogP contribution < -0.4 is 5.32 Å². The molecule has 0 heterocycles. The van der Waals surface area contributed by atoms with Gasteiger partial charge in [0.2, 0.25) is 0 Å². The van der Waals surface area contributed by atoms with Crippen molar-refractivity contribution in [2.24, 2.45) is 10.4 Å². The Kier molecular flexibility index (Phi) is 15.8. The first kappa shape index (κ1) is 28.5. The van der Waals surface area contributed by atoms with Gasteiger partial charge in [0.25, 0.3) is 0 Å². The highest BCUT2D eigenvalue weighted by molar-refractivity contribution is 5.67. The number of hydrogen-bond acceptors (Lipinski definition) is 11. The van der Waals surface area contributed by atoms with E-state index in [-0.39, 0.29) is 78.4 Å². The molecule has 0 unspecified atom stereocenters. The van der Waals surface area contributed by atoms with Gasteiger partial charge in [0, 0.05) is 0 Å². The standard InChI is InChI=1S/C17H29N3O11/c21-14(22)2-6-29-10-17(11-30-7-3-15(23)24,12-31-8-4-16(25)26)18-5-1-13(20-28)9-19-27/h13,18H,1-12H2,(H,21,22)(H,23,24)(H,25,26)/t13-/m0/s1. The number of carbonyl (C=O) groups is 3. The third-order valence-electron chi connectivity index (χ3n) is 3.93. The van der Waals surface area contributed by atoms with Crippen LogP contribution in [0.2, 0.25) is 0 Å². The Morgan fingerprint density at radius 1 is 0.806 bits per heavy atom. The Bertz CT molecular complexity index is 518. The van der Waals surface area contributed by atoms with E-state index in [9.17, 15) is 24.2 Å². The third-order valence-corrected chi connectivity index (χ3v) is 3.93. The van der Waals surface area contributed by atoms with Gasteiger partial charge in [-0.15, -0.1) is 0 Å². The first-order chi connectivity index (χ1) is 14.7. The summed E-state index contributed by atoms with van der Waals surface area (Å²) in [6.45, 7) is -0.803. The van der Waals surface area contributed by atoms with Gasteiger partial charge >= 0.3 is 17.9 Å². The number of rotatable bonds is 22. The van der Waals surface area contributed by atoms with Crippen LogP contribution in [0, 0.1) is 9.81 Å². The fourth-order valence-corrected chi connectivity index (χ4v) is 2.33. The average molecular weight is 451 g/mol. The molecule has 0 aromatic carbocycles. The molecule has 0 aliphatic heterocycles.